The van der Waals surface area contributed by atoms with Crippen LogP contribution in [0.15, 0.2) is 83.9 Å². The van der Waals surface area contributed by atoms with Gasteiger partial charge in [-0.15, -0.1) is 0 Å². The molecule has 3 aromatic heterocycles. The van der Waals surface area contributed by atoms with Gasteiger partial charge in [0.1, 0.15) is 5.82 Å². The van der Waals surface area contributed by atoms with E-state index in [0.717, 1.165) is 27.4 Å². The number of nitrogens with zero attached hydrogens (tertiary/aromatic N) is 5. The van der Waals surface area contributed by atoms with Gasteiger partial charge in [-0.2, -0.15) is 0 Å². The molecule has 0 spiro atoms. The zero-order chi connectivity index (χ0) is 26.0. The molecule has 0 bridgehead atoms. The van der Waals surface area contributed by atoms with Gasteiger partial charge in [-0.25, -0.2) is 9.18 Å². The smallest absolute Gasteiger partial charge is 0.310 e. The maximum absolute atomic E-state index is 15.3. The van der Waals surface area contributed by atoms with E-state index in [4.69, 9.17) is 0 Å². The monoisotopic (exact) mass is 503 g/mol. The van der Waals surface area contributed by atoms with Crippen molar-refractivity contribution >= 4 is 44.4 Å². The summed E-state index contributed by atoms with van der Waals surface area (Å²) in [6.07, 6.45) is 4.62. The van der Waals surface area contributed by atoms with Crippen molar-refractivity contribution in [1.29, 1.82) is 0 Å². The van der Waals surface area contributed by atoms with Crippen LogP contribution in [0.4, 0.5) is 10.1 Å². The standard InChI is InChI=1S/C30H22FN5O2/c1-34-27-17-33-25-10-8-18(20-13-19-5-2-3-6-24(19)32-16-20)14-22(25)29(27)36(30(34)38)21-9-11-26(23(31)15-21)35-12-4-7-28(35)37/h2-3,5-6,8-11,13-17H,4,7,12H2,1H3. The van der Waals surface area contributed by atoms with E-state index in [1.165, 1.54) is 20.1 Å². The van der Waals surface area contributed by atoms with Crippen molar-refractivity contribution in [2.24, 2.45) is 7.05 Å². The predicted octanol–water partition coefficient (Wildman–Crippen LogP) is 5.36. The highest BCUT2D eigenvalue weighted by Crippen LogP contribution is 2.32. The first-order chi connectivity index (χ1) is 18.5. The maximum Gasteiger partial charge on any atom is 0.333 e. The molecule has 3 aromatic carbocycles. The minimum atomic E-state index is -0.539. The van der Waals surface area contributed by atoms with Gasteiger partial charge in [0.2, 0.25) is 5.91 Å². The molecular formula is C30H22FN5O2. The number of rotatable bonds is 3. The summed E-state index contributed by atoms with van der Waals surface area (Å²) in [5.41, 5.74) is 5.10. The molecule has 1 fully saturated rings. The Morgan fingerprint density at radius 1 is 0.868 bits per heavy atom. The van der Waals surface area contributed by atoms with Crippen LogP contribution in [-0.4, -0.2) is 31.6 Å². The Balaban J connectivity index is 1.44. The van der Waals surface area contributed by atoms with Crippen LogP contribution in [0.1, 0.15) is 12.8 Å². The van der Waals surface area contributed by atoms with E-state index < -0.39 is 5.82 Å². The number of fused-ring (bicyclic) bond motifs is 4. The summed E-state index contributed by atoms with van der Waals surface area (Å²) in [5, 5.41) is 1.80. The maximum atomic E-state index is 15.3. The van der Waals surface area contributed by atoms with Crippen LogP contribution in [0.2, 0.25) is 0 Å². The lowest BCUT2D eigenvalue weighted by atomic mass is 10.0. The van der Waals surface area contributed by atoms with E-state index in [1.54, 1.807) is 25.4 Å². The molecule has 7 nitrogen and oxygen atoms in total. The lowest BCUT2D eigenvalue weighted by Crippen LogP contribution is -2.25. The fourth-order valence-electron chi connectivity index (χ4n) is 5.40. The number of carbonyl (C=O) groups is 1. The van der Waals surface area contributed by atoms with Crippen molar-refractivity contribution < 1.29 is 9.18 Å². The zero-order valence-electron chi connectivity index (χ0n) is 20.6. The molecular weight excluding hydrogens is 481 g/mol. The molecule has 0 aliphatic carbocycles. The van der Waals surface area contributed by atoms with E-state index in [9.17, 15) is 9.59 Å². The zero-order valence-corrected chi connectivity index (χ0v) is 20.6. The van der Waals surface area contributed by atoms with Crippen molar-refractivity contribution in [2.45, 2.75) is 12.8 Å². The Hall–Kier alpha value is -4.85. The Kier molecular flexibility index (Phi) is 4.91. The highest BCUT2D eigenvalue weighted by atomic mass is 19.1. The molecule has 1 saturated heterocycles. The molecule has 0 radical (unpaired) electrons. The van der Waals surface area contributed by atoms with Gasteiger partial charge in [0.05, 0.1) is 39.6 Å². The Labute approximate surface area is 216 Å². The molecule has 38 heavy (non-hydrogen) atoms. The first-order valence-electron chi connectivity index (χ1n) is 12.5. The molecule has 0 N–H and O–H groups in total. The number of imidazole rings is 1. The first kappa shape index (κ1) is 22.4. The van der Waals surface area contributed by atoms with Gasteiger partial charge in [0.25, 0.3) is 0 Å². The second kappa shape index (κ2) is 8.34. The summed E-state index contributed by atoms with van der Waals surface area (Å²) in [7, 11) is 1.68. The summed E-state index contributed by atoms with van der Waals surface area (Å²) in [6, 6.07) is 20.5. The lowest BCUT2D eigenvalue weighted by Gasteiger charge is -2.17. The second-order valence-corrected chi connectivity index (χ2v) is 9.60. The third-order valence-electron chi connectivity index (χ3n) is 7.36. The number of aromatic nitrogens is 4. The number of hydrogen-bond donors (Lipinski definition) is 0. The number of para-hydroxylation sites is 1. The van der Waals surface area contributed by atoms with Gasteiger partial charge in [-0.05, 0) is 48.4 Å². The fraction of sp³-hybridized carbons (Fsp3) is 0.133. The van der Waals surface area contributed by atoms with Crippen molar-refractivity contribution in [3.63, 3.8) is 0 Å². The number of benzene rings is 3. The number of amides is 1. The molecule has 0 saturated carbocycles. The van der Waals surface area contributed by atoms with Crippen LogP contribution in [-0.2, 0) is 11.8 Å². The van der Waals surface area contributed by atoms with E-state index in [2.05, 4.69) is 16.0 Å². The molecule has 6 aromatic rings. The van der Waals surface area contributed by atoms with Crippen LogP contribution in [0, 0.1) is 5.82 Å². The lowest BCUT2D eigenvalue weighted by molar-refractivity contribution is -0.117. The van der Waals surface area contributed by atoms with Crippen LogP contribution < -0.4 is 10.6 Å². The number of anilines is 1. The number of carbonyl (C=O) groups excluding carboxylic acids is 1. The highest BCUT2D eigenvalue weighted by Gasteiger charge is 2.25. The number of hydrogen-bond acceptors (Lipinski definition) is 4. The SMILES string of the molecule is Cn1c(=O)n(-c2ccc(N3CCCC3=O)c(F)c2)c2c3cc(-c4cnc5ccccc5c4)ccc3ncc21. The number of halogens is 1. The summed E-state index contributed by atoms with van der Waals surface area (Å²) in [4.78, 5) is 36.3. The highest BCUT2D eigenvalue weighted by molar-refractivity contribution is 6.05. The number of pyridine rings is 2. The van der Waals surface area contributed by atoms with E-state index in [1.807, 2.05) is 48.7 Å². The molecule has 8 heteroatoms. The van der Waals surface area contributed by atoms with Crippen molar-refractivity contribution in [2.75, 3.05) is 11.4 Å². The average molecular weight is 504 g/mol. The van der Waals surface area contributed by atoms with Crippen LogP contribution >= 0.6 is 0 Å². The van der Waals surface area contributed by atoms with E-state index in [-0.39, 0.29) is 17.3 Å². The van der Waals surface area contributed by atoms with E-state index >= 15 is 4.39 Å². The predicted molar refractivity (Wildman–Crippen MR) is 146 cm³/mol. The van der Waals surface area contributed by atoms with Crippen molar-refractivity contribution in [3.05, 3.63) is 95.4 Å². The molecule has 4 heterocycles. The third-order valence-corrected chi connectivity index (χ3v) is 7.36. The Morgan fingerprint density at radius 3 is 2.53 bits per heavy atom. The van der Waals surface area contributed by atoms with E-state index in [0.29, 0.717) is 41.6 Å². The van der Waals surface area contributed by atoms with Gasteiger partial charge in [-0.1, -0.05) is 24.3 Å². The normalized spacial score (nSPS) is 13.8. The molecule has 1 aliphatic heterocycles. The van der Waals surface area contributed by atoms with Crippen LogP contribution in [0.25, 0.3) is 49.7 Å². The quantitative estimate of drug-likeness (QED) is 0.326. The average Bonchev–Trinajstić information content (AvgIpc) is 3.48. The summed E-state index contributed by atoms with van der Waals surface area (Å²) in [6.45, 7) is 0.492. The largest absolute Gasteiger partial charge is 0.333 e. The van der Waals surface area contributed by atoms with Gasteiger partial charge >= 0.3 is 5.69 Å². The van der Waals surface area contributed by atoms with Crippen LogP contribution in [0.3, 0.4) is 0 Å². The van der Waals surface area contributed by atoms with Gasteiger partial charge < -0.3 is 4.90 Å². The first-order valence-corrected chi connectivity index (χ1v) is 12.5. The van der Waals surface area contributed by atoms with Gasteiger partial charge in [-0.3, -0.25) is 23.9 Å². The van der Waals surface area contributed by atoms with Crippen LogP contribution in [0.5, 0.6) is 0 Å². The molecule has 7 rings (SSSR count). The van der Waals surface area contributed by atoms with Crippen molar-refractivity contribution in [3.8, 4) is 16.8 Å². The molecule has 0 unspecified atom stereocenters. The summed E-state index contributed by atoms with van der Waals surface area (Å²) < 4.78 is 18.3. The minimum Gasteiger partial charge on any atom is -0.310 e. The van der Waals surface area contributed by atoms with Crippen molar-refractivity contribution in [1.82, 2.24) is 19.1 Å². The Morgan fingerprint density at radius 2 is 1.71 bits per heavy atom. The topological polar surface area (TPSA) is 73.0 Å². The van der Waals surface area contributed by atoms with Gasteiger partial charge in [0, 0.05) is 48.6 Å². The Bertz CT molecular complexity index is 1990. The molecule has 1 aliphatic rings. The third kappa shape index (κ3) is 3.33. The molecule has 0 atom stereocenters. The fourth-order valence-corrected chi connectivity index (χ4v) is 5.40. The summed E-state index contributed by atoms with van der Waals surface area (Å²) >= 11 is 0. The number of aryl methyl sites for hydroxylation is 1. The van der Waals surface area contributed by atoms with Gasteiger partial charge in [0.15, 0.2) is 0 Å². The summed E-state index contributed by atoms with van der Waals surface area (Å²) in [5.74, 6) is -0.630. The molecule has 186 valence electrons. The minimum absolute atomic E-state index is 0.0910. The molecule has 1 amide bonds. The second-order valence-electron chi connectivity index (χ2n) is 9.60.